The van der Waals surface area contributed by atoms with Crippen molar-refractivity contribution in [3.05, 3.63) is 0 Å². The summed E-state index contributed by atoms with van der Waals surface area (Å²) in [5, 5.41) is 0. The van der Waals surface area contributed by atoms with Crippen molar-refractivity contribution in [3.8, 4) is 0 Å². The molecule has 3 nitrogen and oxygen atoms in total. The van der Waals surface area contributed by atoms with Crippen LogP contribution in [0.4, 0.5) is 0 Å². The SMILES string of the molecule is COC(=O)C(C)(C)CN(C)C1CCCCCC1. The molecule has 0 aromatic heterocycles. The molecular weight excluding hydrogens is 214 g/mol. The second kappa shape index (κ2) is 6.39. The average Bonchev–Trinajstić information content (AvgIpc) is 2.55. The van der Waals surface area contributed by atoms with Gasteiger partial charge >= 0.3 is 5.97 Å². The Morgan fingerprint density at radius 1 is 1.24 bits per heavy atom. The molecule has 1 fully saturated rings. The van der Waals surface area contributed by atoms with E-state index < -0.39 is 5.41 Å². The predicted molar refractivity (Wildman–Crippen MR) is 69.9 cm³/mol. The van der Waals surface area contributed by atoms with Crippen molar-refractivity contribution < 1.29 is 9.53 Å². The van der Waals surface area contributed by atoms with Crippen molar-refractivity contribution in [2.24, 2.45) is 5.41 Å². The van der Waals surface area contributed by atoms with Crippen LogP contribution in [0.15, 0.2) is 0 Å². The molecule has 0 radical (unpaired) electrons. The van der Waals surface area contributed by atoms with Gasteiger partial charge in [0.25, 0.3) is 0 Å². The monoisotopic (exact) mass is 241 g/mol. The normalized spacial score (nSPS) is 19.1. The van der Waals surface area contributed by atoms with Gasteiger partial charge in [-0.05, 0) is 33.7 Å². The predicted octanol–water partition coefficient (Wildman–Crippen LogP) is 2.84. The molecule has 1 aliphatic carbocycles. The first kappa shape index (κ1) is 14.5. The zero-order chi connectivity index (χ0) is 12.9. The lowest BCUT2D eigenvalue weighted by molar-refractivity contribution is -0.152. The average molecular weight is 241 g/mol. The van der Waals surface area contributed by atoms with Gasteiger partial charge in [0, 0.05) is 12.6 Å². The summed E-state index contributed by atoms with van der Waals surface area (Å²) in [7, 11) is 3.61. The zero-order valence-corrected chi connectivity index (χ0v) is 11.8. The maximum Gasteiger partial charge on any atom is 0.312 e. The molecular formula is C14H27NO2. The van der Waals surface area contributed by atoms with Crippen LogP contribution in [-0.4, -0.2) is 37.6 Å². The van der Waals surface area contributed by atoms with Crippen LogP contribution in [-0.2, 0) is 9.53 Å². The third-order valence-electron chi connectivity index (χ3n) is 3.83. The molecule has 1 saturated carbocycles. The van der Waals surface area contributed by atoms with E-state index in [1.54, 1.807) is 0 Å². The fourth-order valence-corrected chi connectivity index (χ4v) is 2.79. The van der Waals surface area contributed by atoms with Crippen molar-refractivity contribution in [2.75, 3.05) is 20.7 Å². The third kappa shape index (κ3) is 4.30. The Balaban J connectivity index is 2.51. The molecule has 0 unspecified atom stereocenters. The Kier molecular flexibility index (Phi) is 5.44. The van der Waals surface area contributed by atoms with E-state index in [0.717, 1.165) is 6.54 Å². The van der Waals surface area contributed by atoms with Crippen LogP contribution < -0.4 is 0 Å². The summed E-state index contributed by atoms with van der Waals surface area (Å²) in [6.07, 6.45) is 7.93. The lowest BCUT2D eigenvalue weighted by Gasteiger charge is -2.33. The Bertz CT molecular complexity index is 243. The molecule has 0 heterocycles. The van der Waals surface area contributed by atoms with Gasteiger partial charge in [0.1, 0.15) is 0 Å². The molecule has 1 rings (SSSR count). The lowest BCUT2D eigenvalue weighted by atomic mass is 9.92. The molecule has 0 saturated heterocycles. The molecule has 1 aliphatic rings. The van der Waals surface area contributed by atoms with Crippen LogP contribution in [0.1, 0.15) is 52.4 Å². The highest BCUT2D eigenvalue weighted by Gasteiger charge is 2.32. The summed E-state index contributed by atoms with van der Waals surface area (Å²) in [6.45, 7) is 4.71. The first-order valence-electron chi connectivity index (χ1n) is 6.76. The van der Waals surface area contributed by atoms with Crippen LogP contribution in [0.2, 0.25) is 0 Å². The van der Waals surface area contributed by atoms with Gasteiger partial charge in [-0.2, -0.15) is 0 Å². The molecule has 0 amide bonds. The van der Waals surface area contributed by atoms with Crippen molar-refractivity contribution in [2.45, 2.75) is 58.4 Å². The summed E-state index contributed by atoms with van der Waals surface area (Å²) in [4.78, 5) is 14.0. The third-order valence-corrected chi connectivity index (χ3v) is 3.83. The fraction of sp³-hybridized carbons (Fsp3) is 0.929. The van der Waals surface area contributed by atoms with Gasteiger partial charge in [-0.3, -0.25) is 4.79 Å². The Hall–Kier alpha value is -0.570. The maximum atomic E-state index is 11.7. The summed E-state index contributed by atoms with van der Waals surface area (Å²) in [5.41, 5.74) is -0.407. The standard InChI is InChI=1S/C14H27NO2/c1-14(2,13(16)17-4)11-15(3)12-9-7-5-6-8-10-12/h12H,5-11H2,1-4H3. The number of nitrogens with zero attached hydrogens (tertiary/aromatic N) is 1. The van der Waals surface area contributed by atoms with E-state index in [0.29, 0.717) is 6.04 Å². The molecule has 0 atom stereocenters. The maximum absolute atomic E-state index is 11.7. The van der Waals surface area contributed by atoms with Gasteiger partial charge in [-0.1, -0.05) is 25.7 Å². The van der Waals surface area contributed by atoms with Crippen molar-refractivity contribution in [1.82, 2.24) is 4.90 Å². The first-order valence-corrected chi connectivity index (χ1v) is 6.76. The highest BCUT2D eigenvalue weighted by atomic mass is 16.5. The minimum absolute atomic E-state index is 0.113. The van der Waals surface area contributed by atoms with E-state index in [9.17, 15) is 4.79 Å². The van der Waals surface area contributed by atoms with E-state index in [-0.39, 0.29) is 5.97 Å². The number of rotatable bonds is 4. The summed E-state index contributed by atoms with van der Waals surface area (Å²) in [5.74, 6) is -0.113. The fourth-order valence-electron chi connectivity index (χ4n) is 2.79. The Morgan fingerprint density at radius 3 is 2.24 bits per heavy atom. The highest BCUT2D eigenvalue weighted by Crippen LogP contribution is 2.25. The molecule has 0 aromatic carbocycles. The van der Waals surface area contributed by atoms with E-state index in [1.165, 1.54) is 45.6 Å². The Morgan fingerprint density at radius 2 is 1.76 bits per heavy atom. The number of methoxy groups -OCH3 is 1. The second-order valence-electron chi connectivity index (χ2n) is 5.94. The van der Waals surface area contributed by atoms with Crippen molar-refractivity contribution in [3.63, 3.8) is 0 Å². The number of hydrogen-bond donors (Lipinski definition) is 0. The van der Waals surface area contributed by atoms with Crippen LogP contribution in [0.3, 0.4) is 0 Å². The summed E-state index contributed by atoms with van der Waals surface area (Å²) >= 11 is 0. The minimum atomic E-state index is -0.407. The number of hydrogen-bond acceptors (Lipinski definition) is 3. The summed E-state index contributed by atoms with van der Waals surface area (Å²) < 4.78 is 4.86. The van der Waals surface area contributed by atoms with Crippen LogP contribution in [0.25, 0.3) is 0 Å². The number of ether oxygens (including phenoxy) is 1. The van der Waals surface area contributed by atoms with E-state index in [4.69, 9.17) is 4.74 Å². The van der Waals surface area contributed by atoms with Gasteiger partial charge in [-0.15, -0.1) is 0 Å². The molecule has 0 spiro atoms. The Labute approximate surface area is 106 Å². The lowest BCUT2D eigenvalue weighted by Crippen LogP contribution is -2.42. The molecule has 0 aliphatic heterocycles. The van der Waals surface area contributed by atoms with Crippen LogP contribution in [0, 0.1) is 5.41 Å². The number of carbonyl (C=O) groups excluding carboxylic acids is 1. The zero-order valence-electron chi connectivity index (χ0n) is 11.8. The van der Waals surface area contributed by atoms with Crippen LogP contribution >= 0.6 is 0 Å². The van der Waals surface area contributed by atoms with Gasteiger partial charge in [-0.25, -0.2) is 0 Å². The summed E-state index contributed by atoms with van der Waals surface area (Å²) in [6, 6.07) is 0.640. The quantitative estimate of drug-likeness (QED) is 0.560. The number of carbonyl (C=O) groups is 1. The van der Waals surface area contributed by atoms with Crippen LogP contribution in [0.5, 0.6) is 0 Å². The molecule has 3 heteroatoms. The van der Waals surface area contributed by atoms with E-state index in [1.807, 2.05) is 13.8 Å². The molecule has 0 N–H and O–H groups in total. The molecule has 100 valence electrons. The van der Waals surface area contributed by atoms with Gasteiger partial charge in [0.05, 0.1) is 12.5 Å². The number of esters is 1. The van der Waals surface area contributed by atoms with E-state index in [2.05, 4.69) is 11.9 Å². The molecule has 0 bridgehead atoms. The topological polar surface area (TPSA) is 29.5 Å². The molecule has 0 aromatic rings. The van der Waals surface area contributed by atoms with Gasteiger partial charge in [0.15, 0.2) is 0 Å². The van der Waals surface area contributed by atoms with Crippen molar-refractivity contribution >= 4 is 5.97 Å². The molecule has 17 heavy (non-hydrogen) atoms. The largest absolute Gasteiger partial charge is 0.469 e. The smallest absolute Gasteiger partial charge is 0.312 e. The van der Waals surface area contributed by atoms with Gasteiger partial charge < -0.3 is 9.64 Å². The second-order valence-corrected chi connectivity index (χ2v) is 5.94. The first-order chi connectivity index (χ1) is 7.97. The van der Waals surface area contributed by atoms with Gasteiger partial charge in [0.2, 0.25) is 0 Å². The van der Waals surface area contributed by atoms with Crippen molar-refractivity contribution in [1.29, 1.82) is 0 Å². The van der Waals surface area contributed by atoms with E-state index >= 15 is 0 Å². The minimum Gasteiger partial charge on any atom is -0.469 e. The highest BCUT2D eigenvalue weighted by molar-refractivity contribution is 5.76.